The largest absolute Gasteiger partial charge is 0.378 e. The number of nitrogens with zero attached hydrogens (tertiary/aromatic N) is 1. The first-order chi connectivity index (χ1) is 19.3. The third-order valence-electron chi connectivity index (χ3n) is 7.60. The summed E-state index contributed by atoms with van der Waals surface area (Å²) >= 11 is 6.22. The lowest BCUT2D eigenvalue weighted by atomic mass is 9.76. The van der Waals surface area contributed by atoms with Crippen LogP contribution in [0.4, 0.5) is 11.4 Å². The van der Waals surface area contributed by atoms with Gasteiger partial charge in [-0.05, 0) is 85.8 Å². The first kappa shape index (κ1) is 26.4. The average molecular weight is 569 g/mol. The summed E-state index contributed by atoms with van der Waals surface area (Å²) in [6, 6.07) is 26.3. The third-order valence-corrected chi connectivity index (χ3v) is 9.09. The Kier molecular flexibility index (Phi) is 6.99. The van der Waals surface area contributed by atoms with Crippen LogP contribution in [0.25, 0.3) is 0 Å². The maximum atomic E-state index is 12.9. The zero-order valence-electron chi connectivity index (χ0n) is 22.2. The van der Waals surface area contributed by atoms with Crippen molar-refractivity contribution < 1.29 is 12.6 Å². The number of halogens is 1. The summed E-state index contributed by atoms with van der Waals surface area (Å²) in [5.41, 5.74) is 7.22. The van der Waals surface area contributed by atoms with Gasteiger partial charge in [-0.25, -0.2) is 0 Å². The summed E-state index contributed by atoms with van der Waals surface area (Å²) in [5.74, 6) is 1.03. The number of hydrogen-bond acceptors (Lipinski definition) is 5. The fourth-order valence-electron chi connectivity index (χ4n) is 5.52. The Bertz CT molecular complexity index is 1730. The van der Waals surface area contributed by atoms with E-state index < -0.39 is 10.1 Å². The van der Waals surface area contributed by atoms with E-state index in [4.69, 9.17) is 15.8 Å². The predicted molar refractivity (Wildman–Crippen MR) is 162 cm³/mol. The van der Waals surface area contributed by atoms with Gasteiger partial charge in [-0.2, -0.15) is 8.42 Å². The molecule has 202 valence electrons. The number of aryl methyl sites for hydroxylation is 2. The Hall–Kier alpha value is -3.87. The number of allylic oxidation sites excluding steroid dienone is 2. The molecule has 1 aliphatic heterocycles. The van der Waals surface area contributed by atoms with Crippen LogP contribution in [0.2, 0.25) is 5.02 Å². The number of nitrogens with one attached hydrogen (secondary N) is 1. The summed E-state index contributed by atoms with van der Waals surface area (Å²) in [5, 5.41) is 4.23. The molecule has 2 aliphatic rings. The van der Waals surface area contributed by atoms with Crippen LogP contribution in [-0.2, 0) is 10.1 Å². The lowest BCUT2D eigenvalue weighted by Gasteiger charge is -2.37. The lowest BCUT2D eigenvalue weighted by molar-refractivity contribution is 0.425. The Morgan fingerprint density at radius 3 is 2.45 bits per heavy atom. The summed E-state index contributed by atoms with van der Waals surface area (Å²) in [6.07, 6.45) is 7.26. The van der Waals surface area contributed by atoms with Gasteiger partial charge in [-0.3, -0.25) is 4.99 Å². The average Bonchev–Trinajstić information content (AvgIpc) is 3.44. The monoisotopic (exact) mass is 568 g/mol. The molecule has 0 unspecified atom stereocenters. The van der Waals surface area contributed by atoms with Gasteiger partial charge in [0.2, 0.25) is 0 Å². The van der Waals surface area contributed by atoms with Crippen molar-refractivity contribution in [3.63, 3.8) is 0 Å². The van der Waals surface area contributed by atoms with E-state index in [0.29, 0.717) is 22.4 Å². The molecular weight excluding hydrogens is 540 g/mol. The molecule has 4 aromatic carbocycles. The number of benzene rings is 4. The molecule has 5 nitrogen and oxygen atoms in total. The van der Waals surface area contributed by atoms with E-state index in [9.17, 15) is 8.42 Å². The number of fused-ring (bicyclic) bond motifs is 3. The van der Waals surface area contributed by atoms with Crippen LogP contribution in [0.5, 0.6) is 5.75 Å². The Morgan fingerprint density at radius 2 is 1.68 bits per heavy atom. The van der Waals surface area contributed by atoms with Gasteiger partial charge in [0.15, 0.2) is 5.75 Å². The van der Waals surface area contributed by atoms with Crippen LogP contribution in [-0.4, -0.2) is 14.6 Å². The van der Waals surface area contributed by atoms with E-state index in [0.717, 1.165) is 17.7 Å². The normalized spacial score (nSPS) is 19.7. The molecule has 0 radical (unpaired) electrons. The van der Waals surface area contributed by atoms with Gasteiger partial charge in [0.1, 0.15) is 4.90 Å². The molecule has 7 heteroatoms. The van der Waals surface area contributed by atoms with Crippen molar-refractivity contribution in [1.82, 2.24) is 0 Å². The molecule has 3 atom stereocenters. The minimum Gasteiger partial charge on any atom is -0.378 e. The van der Waals surface area contributed by atoms with Crippen molar-refractivity contribution in [3.05, 3.63) is 130 Å². The van der Waals surface area contributed by atoms with Gasteiger partial charge >= 0.3 is 10.1 Å². The zero-order valence-corrected chi connectivity index (χ0v) is 23.8. The molecule has 40 heavy (non-hydrogen) atoms. The van der Waals surface area contributed by atoms with E-state index in [1.165, 1.54) is 34.5 Å². The highest BCUT2D eigenvalue weighted by atomic mass is 35.5. The Balaban J connectivity index is 1.23. The molecule has 0 saturated carbocycles. The van der Waals surface area contributed by atoms with Crippen LogP contribution >= 0.6 is 11.6 Å². The van der Waals surface area contributed by atoms with Crippen molar-refractivity contribution in [1.29, 1.82) is 0 Å². The Labute approximate surface area is 240 Å². The molecule has 0 bridgehead atoms. The number of aliphatic imine (C=N–C) groups is 1. The molecule has 0 saturated heterocycles. The van der Waals surface area contributed by atoms with Gasteiger partial charge in [0.05, 0.1) is 11.7 Å². The standard InChI is InChI=1S/C33H29ClN2O3S/c1-21-6-14-27(15-7-21)40(37,38)39-32-17-11-25(34)19-24(32)20-35-26-12-9-23(10-13-26)33-29-5-3-4-28(29)30-18-22(2)8-16-31(30)36-33/h3-4,6-20,28-29,33,36H,5H2,1-2H3/t28-,29-,33-/m0/s1. The molecule has 1 aliphatic carbocycles. The van der Waals surface area contributed by atoms with E-state index in [1.807, 2.05) is 19.1 Å². The highest BCUT2D eigenvalue weighted by molar-refractivity contribution is 7.87. The highest BCUT2D eigenvalue weighted by Gasteiger charge is 2.37. The smallest absolute Gasteiger partial charge is 0.339 e. The first-order valence-electron chi connectivity index (χ1n) is 13.3. The topological polar surface area (TPSA) is 67.8 Å². The maximum Gasteiger partial charge on any atom is 0.339 e. The molecule has 0 fully saturated rings. The predicted octanol–water partition coefficient (Wildman–Crippen LogP) is 8.30. The van der Waals surface area contributed by atoms with Crippen LogP contribution in [0.15, 0.2) is 107 Å². The fourth-order valence-corrected chi connectivity index (χ4v) is 6.66. The summed E-state index contributed by atoms with van der Waals surface area (Å²) in [7, 11) is -4.01. The van der Waals surface area contributed by atoms with Crippen molar-refractivity contribution in [2.24, 2.45) is 10.9 Å². The van der Waals surface area contributed by atoms with Crippen LogP contribution in [0, 0.1) is 19.8 Å². The van der Waals surface area contributed by atoms with Crippen LogP contribution < -0.4 is 9.50 Å². The third kappa shape index (κ3) is 5.29. The SMILES string of the molecule is Cc1ccc(S(=O)(=O)Oc2ccc(Cl)cc2C=Nc2ccc([C@@H]3Nc4ccc(C)cc4[C@H]4C=CC[C@@H]43)cc2)cc1. The van der Waals surface area contributed by atoms with E-state index >= 15 is 0 Å². The number of rotatable bonds is 6. The minimum absolute atomic E-state index is 0.0836. The fraction of sp³-hybridized carbons (Fsp3) is 0.182. The van der Waals surface area contributed by atoms with Crippen molar-refractivity contribution in [2.45, 2.75) is 37.1 Å². The molecule has 0 amide bonds. The second-order valence-electron chi connectivity index (χ2n) is 10.4. The molecular formula is C33H29ClN2O3S. The van der Waals surface area contributed by atoms with Crippen LogP contribution in [0.3, 0.4) is 0 Å². The molecule has 0 aromatic heterocycles. The van der Waals surface area contributed by atoms with Gasteiger partial charge < -0.3 is 9.50 Å². The molecule has 0 spiro atoms. The van der Waals surface area contributed by atoms with Crippen molar-refractivity contribution in [2.75, 3.05) is 5.32 Å². The number of hydrogen-bond donors (Lipinski definition) is 1. The van der Waals surface area contributed by atoms with Gasteiger partial charge in [0.25, 0.3) is 0 Å². The van der Waals surface area contributed by atoms with E-state index in [2.05, 4.69) is 59.7 Å². The van der Waals surface area contributed by atoms with Gasteiger partial charge in [-0.15, -0.1) is 0 Å². The quantitative estimate of drug-likeness (QED) is 0.144. The van der Waals surface area contributed by atoms with E-state index in [-0.39, 0.29) is 16.7 Å². The molecule has 1 N–H and O–H groups in total. The highest BCUT2D eigenvalue weighted by Crippen LogP contribution is 2.50. The summed E-state index contributed by atoms with van der Waals surface area (Å²) < 4.78 is 31.2. The second kappa shape index (κ2) is 10.6. The van der Waals surface area contributed by atoms with Crippen molar-refractivity contribution in [3.8, 4) is 5.75 Å². The zero-order chi connectivity index (χ0) is 27.9. The van der Waals surface area contributed by atoms with Gasteiger partial charge in [-0.1, -0.05) is 71.3 Å². The first-order valence-corrected chi connectivity index (χ1v) is 15.0. The lowest BCUT2D eigenvalue weighted by Crippen LogP contribution is -2.29. The van der Waals surface area contributed by atoms with Crippen molar-refractivity contribution >= 4 is 39.3 Å². The summed E-state index contributed by atoms with van der Waals surface area (Å²) in [6.45, 7) is 4.03. The van der Waals surface area contributed by atoms with E-state index in [1.54, 1.807) is 36.5 Å². The Morgan fingerprint density at radius 1 is 0.925 bits per heavy atom. The molecule has 1 heterocycles. The van der Waals surface area contributed by atoms with Gasteiger partial charge in [0, 0.05) is 28.4 Å². The second-order valence-corrected chi connectivity index (χ2v) is 12.4. The minimum atomic E-state index is -4.01. The number of anilines is 1. The molecule has 6 rings (SSSR count). The maximum absolute atomic E-state index is 12.9. The molecule has 4 aromatic rings. The van der Waals surface area contributed by atoms with Crippen LogP contribution in [0.1, 0.15) is 46.2 Å². The summed E-state index contributed by atoms with van der Waals surface area (Å²) in [4.78, 5) is 4.68.